The average molecular weight is 226 g/mol. The van der Waals surface area contributed by atoms with E-state index in [1.165, 1.54) is 6.42 Å². The first-order valence-electron chi connectivity index (χ1n) is 5.82. The quantitative estimate of drug-likeness (QED) is 0.287. The van der Waals surface area contributed by atoms with Crippen LogP contribution in [0.4, 0.5) is 0 Å². The maximum absolute atomic E-state index is 5.35. The second-order valence-corrected chi connectivity index (χ2v) is 3.37. The van der Waals surface area contributed by atoms with Gasteiger partial charge >= 0.3 is 0 Å². The molecule has 4 heteroatoms. The van der Waals surface area contributed by atoms with Crippen LogP contribution in [0.15, 0.2) is 24.8 Å². The van der Waals surface area contributed by atoms with Crippen molar-refractivity contribution in [3.8, 4) is 0 Å². The van der Waals surface area contributed by atoms with Crippen molar-refractivity contribution in [2.75, 3.05) is 33.0 Å². The van der Waals surface area contributed by atoms with E-state index < -0.39 is 0 Å². The molecule has 0 N–H and O–H groups in total. The van der Waals surface area contributed by atoms with Gasteiger partial charge < -0.3 is 14.1 Å². The Bertz CT molecular complexity index is 172. The van der Waals surface area contributed by atoms with E-state index in [-0.39, 0.29) is 0 Å². The van der Waals surface area contributed by atoms with Crippen molar-refractivity contribution in [3.05, 3.63) is 24.8 Å². The molecule has 3 nitrogen and oxygen atoms in total. The minimum Gasteiger partial charge on any atom is -0.442 e. The third kappa shape index (κ3) is 13.4. The lowest BCUT2D eigenvalue weighted by atomic mass is 10.2. The Morgan fingerprint density at radius 1 is 0.938 bits per heavy atom. The molecule has 0 aromatic rings. The molecular weight excluding hydrogens is 203 g/mol. The molecule has 0 rings (SSSR count). The second kappa shape index (κ2) is 14.4. The van der Waals surface area contributed by atoms with Crippen LogP contribution in [0.1, 0.15) is 19.3 Å². The first-order chi connectivity index (χ1) is 7.91. The van der Waals surface area contributed by atoms with Gasteiger partial charge in [-0.05, 0) is 19.3 Å². The highest BCUT2D eigenvalue weighted by atomic mass is 16.5. The maximum atomic E-state index is 5.35. The third-order valence-corrected chi connectivity index (χ3v) is 1.96. The zero-order valence-electron chi connectivity index (χ0n) is 10.3. The molecule has 0 fully saturated rings. The summed E-state index contributed by atoms with van der Waals surface area (Å²) in [5.41, 5.74) is 0. The first-order valence-corrected chi connectivity index (χ1v) is 5.82. The van der Waals surface area contributed by atoms with Gasteiger partial charge in [-0.2, -0.15) is 0 Å². The van der Waals surface area contributed by atoms with Crippen molar-refractivity contribution in [3.63, 3.8) is 0 Å². The highest BCUT2D eigenvalue weighted by molar-refractivity contribution is 5.97. The maximum Gasteiger partial charge on any atom is 0.257 e. The van der Waals surface area contributed by atoms with E-state index in [9.17, 15) is 0 Å². The van der Waals surface area contributed by atoms with Crippen LogP contribution in [0.5, 0.6) is 0 Å². The van der Waals surface area contributed by atoms with Crippen molar-refractivity contribution in [2.24, 2.45) is 0 Å². The molecule has 92 valence electrons. The zero-order valence-corrected chi connectivity index (χ0v) is 10.3. The molecule has 0 bridgehead atoms. The number of unbranched alkanes of at least 4 members (excludes halogenated alkanes) is 2. The molecule has 0 atom stereocenters. The molecule has 0 aliphatic heterocycles. The largest absolute Gasteiger partial charge is 0.442 e. The average Bonchev–Trinajstić information content (AvgIpc) is 2.31. The van der Waals surface area contributed by atoms with Crippen molar-refractivity contribution in [2.45, 2.75) is 19.3 Å². The standard InChI is InChI=1S/C12H23BO3/c1-2-3-4-5-6-7-8-14-9-10-15-11-12-16-13/h2,6-7H,1,3-5,8-13H2. The first kappa shape index (κ1) is 15.4. The van der Waals surface area contributed by atoms with E-state index in [1.807, 2.05) is 6.08 Å². The van der Waals surface area contributed by atoms with Crippen LogP contribution in [0.25, 0.3) is 0 Å². The number of hydrogen-bond acceptors (Lipinski definition) is 3. The van der Waals surface area contributed by atoms with E-state index in [0.717, 1.165) is 12.8 Å². The van der Waals surface area contributed by atoms with Crippen LogP contribution >= 0.6 is 0 Å². The number of ether oxygens (including phenoxy) is 2. The highest BCUT2D eigenvalue weighted by Gasteiger charge is 1.87. The molecule has 0 saturated carbocycles. The zero-order chi connectivity index (χ0) is 11.9. The van der Waals surface area contributed by atoms with Crippen molar-refractivity contribution in [1.82, 2.24) is 0 Å². The van der Waals surface area contributed by atoms with Crippen LogP contribution in [-0.2, 0) is 14.1 Å². The monoisotopic (exact) mass is 226 g/mol. The van der Waals surface area contributed by atoms with Gasteiger partial charge in [0, 0.05) is 0 Å². The highest BCUT2D eigenvalue weighted by Crippen LogP contribution is 1.96. The molecule has 0 amide bonds. The summed E-state index contributed by atoms with van der Waals surface area (Å²) < 4.78 is 15.4. The van der Waals surface area contributed by atoms with Gasteiger partial charge in [0.2, 0.25) is 0 Å². The van der Waals surface area contributed by atoms with E-state index in [1.54, 1.807) is 8.05 Å². The summed E-state index contributed by atoms with van der Waals surface area (Å²) in [5, 5.41) is 0. The summed E-state index contributed by atoms with van der Waals surface area (Å²) in [4.78, 5) is 0. The lowest BCUT2D eigenvalue weighted by Crippen LogP contribution is -2.08. The molecular formula is C12H23BO3. The van der Waals surface area contributed by atoms with Gasteiger partial charge in [0.1, 0.15) is 0 Å². The fourth-order valence-corrected chi connectivity index (χ4v) is 1.08. The molecule has 0 aliphatic carbocycles. The third-order valence-electron chi connectivity index (χ3n) is 1.96. The molecule has 0 heterocycles. The van der Waals surface area contributed by atoms with Crippen LogP contribution in [0, 0.1) is 0 Å². The summed E-state index contributed by atoms with van der Waals surface area (Å²) >= 11 is 0. The molecule has 0 aliphatic rings. The molecule has 16 heavy (non-hydrogen) atoms. The Labute approximate surface area is 99.9 Å². The van der Waals surface area contributed by atoms with Gasteiger partial charge in [-0.3, -0.25) is 0 Å². The minimum atomic E-state index is 0.633. The Balaban J connectivity index is 2.99. The van der Waals surface area contributed by atoms with Crippen molar-refractivity contribution in [1.29, 1.82) is 0 Å². The summed E-state index contributed by atoms with van der Waals surface area (Å²) in [6, 6.07) is 0. The fourth-order valence-electron chi connectivity index (χ4n) is 1.08. The molecule has 0 unspecified atom stereocenters. The molecule has 0 aromatic carbocycles. The van der Waals surface area contributed by atoms with Crippen molar-refractivity contribution < 1.29 is 14.1 Å². The molecule has 0 radical (unpaired) electrons. The SMILES string of the molecule is BOCCOCCOCC=CCCCC=C. The predicted octanol–water partition coefficient (Wildman–Crippen LogP) is 1.50. The summed E-state index contributed by atoms with van der Waals surface area (Å²) in [5.74, 6) is 0. The lowest BCUT2D eigenvalue weighted by Gasteiger charge is -2.03. The Morgan fingerprint density at radius 3 is 2.44 bits per heavy atom. The second-order valence-electron chi connectivity index (χ2n) is 3.37. The van der Waals surface area contributed by atoms with Crippen LogP contribution in [0.2, 0.25) is 0 Å². The molecule has 0 saturated heterocycles. The Kier molecular flexibility index (Phi) is 13.9. The van der Waals surface area contributed by atoms with Crippen LogP contribution in [0.3, 0.4) is 0 Å². The predicted molar refractivity (Wildman–Crippen MR) is 69.3 cm³/mol. The number of hydrogen-bond donors (Lipinski definition) is 0. The molecule has 0 aromatic heterocycles. The van der Waals surface area contributed by atoms with Gasteiger partial charge in [-0.15, -0.1) is 6.58 Å². The van der Waals surface area contributed by atoms with Crippen molar-refractivity contribution >= 4 is 8.05 Å². The summed E-state index contributed by atoms with van der Waals surface area (Å²) in [7, 11) is 1.66. The van der Waals surface area contributed by atoms with E-state index in [2.05, 4.69) is 18.7 Å². The minimum absolute atomic E-state index is 0.633. The van der Waals surface area contributed by atoms with Gasteiger partial charge in [0.25, 0.3) is 8.05 Å². The fraction of sp³-hybridized carbons (Fsp3) is 0.667. The topological polar surface area (TPSA) is 27.7 Å². The number of rotatable bonds is 12. The smallest absolute Gasteiger partial charge is 0.257 e. The van der Waals surface area contributed by atoms with E-state index in [0.29, 0.717) is 33.0 Å². The van der Waals surface area contributed by atoms with Crippen LogP contribution in [-0.4, -0.2) is 41.1 Å². The van der Waals surface area contributed by atoms with Gasteiger partial charge in [0.05, 0.1) is 33.0 Å². The van der Waals surface area contributed by atoms with Gasteiger partial charge in [-0.25, -0.2) is 0 Å². The Morgan fingerprint density at radius 2 is 1.69 bits per heavy atom. The van der Waals surface area contributed by atoms with Crippen LogP contribution < -0.4 is 0 Å². The van der Waals surface area contributed by atoms with E-state index in [4.69, 9.17) is 14.1 Å². The normalized spacial score (nSPS) is 11.0. The lowest BCUT2D eigenvalue weighted by molar-refractivity contribution is 0.0460. The Hall–Kier alpha value is -0.575. The van der Waals surface area contributed by atoms with E-state index >= 15 is 0 Å². The summed E-state index contributed by atoms with van der Waals surface area (Å²) in [6.07, 6.45) is 9.49. The summed E-state index contributed by atoms with van der Waals surface area (Å²) in [6.45, 7) is 6.90. The van der Waals surface area contributed by atoms with Gasteiger partial charge in [-0.1, -0.05) is 18.2 Å². The molecule has 0 spiro atoms. The number of allylic oxidation sites excluding steroid dienone is 2. The van der Waals surface area contributed by atoms with Gasteiger partial charge in [0.15, 0.2) is 0 Å².